The number of esters is 1. The third-order valence-electron chi connectivity index (χ3n) is 15.5. The molecule has 3 N–H and O–H groups in total. The van der Waals surface area contributed by atoms with Crippen LogP contribution in [0.15, 0.2) is 65.8 Å². The van der Waals surface area contributed by atoms with Crippen LogP contribution in [0, 0.1) is 29.6 Å². The molecule has 14 heteroatoms. The highest BCUT2D eigenvalue weighted by Crippen LogP contribution is 2.40. The van der Waals surface area contributed by atoms with Crippen molar-refractivity contribution in [2.75, 3.05) is 34.5 Å². The topological polar surface area (TPSA) is 188 Å². The minimum atomic E-state index is -2.52. The van der Waals surface area contributed by atoms with Crippen LogP contribution in [0.25, 0.3) is 10.8 Å². The van der Waals surface area contributed by atoms with Crippen LogP contribution < -0.4 is 0 Å². The Morgan fingerprint density at radius 3 is 2.28 bits per heavy atom. The molecule has 69 heavy (non-hydrogen) atoms. The molecule has 0 spiro atoms. The van der Waals surface area contributed by atoms with Crippen LogP contribution in [-0.2, 0) is 47.6 Å². The van der Waals surface area contributed by atoms with Gasteiger partial charge in [-0.2, -0.15) is 0 Å². The number of piperidine rings is 1. The molecular weight excluding hydrogens is 883 g/mol. The van der Waals surface area contributed by atoms with Gasteiger partial charge < -0.3 is 48.6 Å². The molecular formula is C55H79NO13. The zero-order valence-corrected chi connectivity index (χ0v) is 42.3. The maximum Gasteiger partial charge on any atom is 0.329 e. The first-order valence-corrected chi connectivity index (χ1v) is 25.3. The Hall–Kier alpha value is -3.86. The SMILES string of the molecule is CC[C@@H]1/C=C(\C)C[C@H](C)CC(OC)[C@H]2O[C@@](O)(C(=O)C(=O)N3CCCC[C@H]3C(=O)O[C@H](/C(C)=C/[C@@H]3CC[C@@H](OC[C@@H](O)c4ccc5ccccc5c4)[C@H](OC)C3)[C@H](C)[C@@H](O)CC1=O)[C@H](C)C[C@@H]2OC. The van der Waals surface area contributed by atoms with Gasteiger partial charge in [-0.3, -0.25) is 14.4 Å². The van der Waals surface area contributed by atoms with Gasteiger partial charge in [0.05, 0.1) is 37.1 Å². The number of ketones is 2. The number of Topliss-reactive ketones (excluding diaryl/α,β-unsaturated/α-hetero) is 2. The minimum absolute atomic E-state index is 0.0212. The zero-order valence-electron chi connectivity index (χ0n) is 42.3. The van der Waals surface area contributed by atoms with E-state index in [1.807, 2.05) is 75.4 Å². The second-order valence-electron chi connectivity index (χ2n) is 20.6. The van der Waals surface area contributed by atoms with Gasteiger partial charge in [-0.25, -0.2) is 4.79 Å². The van der Waals surface area contributed by atoms with Crippen molar-refractivity contribution in [2.45, 2.75) is 173 Å². The van der Waals surface area contributed by atoms with Gasteiger partial charge in [0.25, 0.3) is 11.7 Å². The number of nitrogens with zero attached hydrogens (tertiary/aromatic N) is 1. The Morgan fingerprint density at radius 2 is 1.58 bits per heavy atom. The second kappa shape index (κ2) is 24.5. The number of aliphatic hydroxyl groups is 3. The summed E-state index contributed by atoms with van der Waals surface area (Å²) in [5, 5.41) is 37.3. The fraction of sp³-hybridized carbons (Fsp3) is 0.673. The van der Waals surface area contributed by atoms with Gasteiger partial charge in [0.2, 0.25) is 5.79 Å². The first kappa shape index (κ1) is 54.5. The van der Waals surface area contributed by atoms with Crippen molar-refractivity contribution in [1.29, 1.82) is 0 Å². The second-order valence-corrected chi connectivity index (χ2v) is 20.6. The van der Waals surface area contributed by atoms with Crippen LogP contribution in [-0.4, -0.2) is 133 Å². The summed E-state index contributed by atoms with van der Waals surface area (Å²) in [6, 6.07) is 12.7. The number of methoxy groups -OCH3 is 3. The summed E-state index contributed by atoms with van der Waals surface area (Å²) in [6.07, 6.45) is 3.26. The van der Waals surface area contributed by atoms with Crippen LogP contribution in [0.2, 0.25) is 0 Å². The summed E-state index contributed by atoms with van der Waals surface area (Å²) in [5.74, 6) is -7.65. The number of fused-ring (bicyclic) bond motifs is 4. The van der Waals surface area contributed by atoms with Crippen molar-refractivity contribution in [3.8, 4) is 0 Å². The van der Waals surface area contributed by atoms with E-state index in [4.69, 9.17) is 28.4 Å². The third-order valence-corrected chi connectivity index (χ3v) is 15.5. The summed E-state index contributed by atoms with van der Waals surface area (Å²) >= 11 is 0. The molecule has 15 atom stereocenters. The fourth-order valence-corrected chi connectivity index (χ4v) is 11.3. The van der Waals surface area contributed by atoms with Gasteiger partial charge >= 0.3 is 5.97 Å². The number of cyclic esters (lactones) is 1. The maximum absolute atomic E-state index is 14.6. The van der Waals surface area contributed by atoms with Gasteiger partial charge in [0.15, 0.2) is 0 Å². The van der Waals surface area contributed by atoms with Crippen molar-refractivity contribution in [1.82, 2.24) is 4.90 Å². The van der Waals surface area contributed by atoms with Crippen LogP contribution in [0.3, 0.4) is 0 Å². The summed E-state index contributed by atoms with van der Waals surface area (Å²) < 4.78 is 36.7. The van der Waals surface area contributed by atoms with Crippen molar-refractivity contribution in [3.63, 3.8) is 0 Å². The Labute approximate surface area is 409 Å². The van der Waals surface area contributed by atoms with E-state index < -0.39 is 83.9 Å². The standard InChI is InChI=1S/C55H79NO13/c1-10-38-24-32(2)23-33(3)25-48(65-8)51-49(66-9)27-35(5)55(63,69-51)52(60)53(61)56-22-14-13-17-42(56)54(62)68-50(36(6)43(57)30-44(38)58)34(4)26-37-18-21-46(47(28-37)64-7)67-31-45(59)41-20-19-39-15-11-12-16-40(39)29-41/h11-12,15-16,19-20,24,26,29,33,35-38,42-43,45-51,57,59,63H,10,13-14,17-18,21-23,25,27-28,30-31H2,1-9H3/b32-24+,34-26+/t33-,35+,36+,37-,38+,42-,43-,45+,46+,47+,48?,49-,50+,51+,55+/m0/s1. The number of hydrogen-bond donors (Lipinski definition) is 3. The number of allylic oxidation sites excluding steroid dienone is 3. The van der Waals surface area contributed by atoms with E-state index in [0.29, 0.717) is 56.9 Å². The Morgan fingerprint density at radius 1 is 0.884 bits per heavy atom. The van der Waals surface area contributed by atoms with E-state index in [2.05, 4.69) is 6.92 Å². The summed E-state index contributed by atoms with van der Waals surface area (Å²) in [7, 11) is 4.71. The number of benzene rings is 2. The third kappa shape index (κ3) is 13.0. The summed E-state index contributed by atoms with van der Waals surface area (Å²) in [4.78, 5) is 58.6. The predicted octanol–water partition coefficient (Wildman–Crippen LogP) is 7.38. The lowest BCUT2D eigenvalue weighted by molar-refractivity contribution is -0.302. The number of hydrogen-bond acceptors (Lipinski definition) is 13. The molecule has 382 valence electrons. The van der Waals surface area contributed by atoms with Crippen molar-refractivity contribution in [2.24, 2.45) is 29.6 Å². The van der Waals surface area contributed by atoms with Crippen LogP contribution in [0.5, 0.6) is 0 Å². The summed E-state index contributed by atoms with van der Waals surface area (Å²) in [5.41, 5.74) is 2.42. The lowest BCUT2D eigenvalue weighted by atomic mass is 9.81. The molecule has 0 radical (unpaired) electrons. The van der Waals surface area contributed by atoms with Crippen LogP contribution in [0.4, 0.5) is 0 Å². The molecule has 3 heterocycles. The molecule has 3 fully saturated rings. The maximum atomic E-state index is 14.6. The minimum Gasteiger partial charge on any atom is -0.456 e. The van der Waals surface area contributed by atoms with Crippen molar-refractivity contribution in [3.05, 3.63) is 71.3 Å². The van der Waals surface area contributed by atoms with Gasteiger partial charge in [0.1, 0.15) is 30.1 Å². The van der Waals surface area contributed by atoms with E-state index >= 15 is 0 Å². The Balaban J connectivity index is 1.26. The molecule has 3 aliphatic heterocycles. The quantitative estimate of drug-likeness (QED) is 0.122. The van der Waals surface area contributed by atoms with Gasteiger partial charge in [0, 0.05) is 52.0 Å². The van der Waals surface area contributed by atoms with E-state index in [9.17, 15) is 34.5 Å². The average molecular weight is 962 g/mol. The highest BCUT2D eigenvalue weighted by Gasteiger charge is 2.56. The number of rotatable bonds is 10. The molecule has 2 saturated heterocycles. The highest BCUT2D eigenvalue weighted by molar-refractivity contribution is 6.39. The number of amides is 1. The monoisotopic (exact) mass is 962 g/mol. The van der Waals surface area contributed by atoms with Crippen LogP contribution >= 0.6 is 0 Å². The first-order chi connectivity index (χ1) is 32.9. The predicted molar refractivity (Wildman–Crippen MR) is 261 cm³/mol. The molecule has 1 amide bonds. The smallest absolute Gasteiger partial charge is 0.329 e. The Bertz CT molecular complexity index is 2140. The molecule has 2 aromatic carbocycles. The largest absolute Gasteiger partial charge is 0.456 e. The van der Waals surface area contributed by atoms with Crippen LogP contribution in [0.1, 0.15) is 124 Å². The first-order valence-electron chi connectivity index (χ1n) is 25.3. The number of ether oxygens (including phenoxy) is 6. The van der Waals surface area contributed by atoms with Gasteiger partial charge in [-0.1, -0.05) is 81.8 Å². The van der Waals surface area contributed by atoms with Gasteiger partial charge in [-0.15, -0.1) is 0 Å². The highest BCUT2D eigenvalue weighted by atomic mass is 16.7. The van der Waals surface area contributed by atoms with E-state index in [-0.39, 0.29) is 62.2 Å². The molecule has 1 unspecified atom stereocenters. The average Bonchev–Trinajstić information content (AvgIpc) is 3.35. The molecule has 4 aliphatic rings. The molecule has 14 nitrogen and oxygen atoms in total. The molecule has 6 rings (SSSR count). The van der Waals surface area contributed by atoms with E-state index in [1.54, 1.807) is 21.0 Å². The number of aliphatic hydroxyl groups excluding tert-OH is 2. The molecule has 2 aromatic rings. The lowest BCUT2D eigenvalue weighted by Gasteiger charge is -2.47. The summed E-state index contributed by atoms with van der Waals surface area (Å²) in [6.45, 7) is 11.4. The number of carbonyl (C=O) groups is 4. The number of carbonyl (C=O) groups excluding carboxylic acids is 4. The lowest BCUT2D eigenvalue weighted by Crippen LogP contribution is -2.64. The van der Waals surface area contributed by atoms with Gasteiger partial charge in [-0.05, 0) is 118 Å². The molecule has 0 aromatic heterocycles. The normalized spacial score (nSPS) is 36.5. The molecule has 2 bridgehead atoms. The van der Waals surface area contributed by atoms with Crippen molar-refractivity contribution < 1.29 is 62.9 Å². The fourth-order valence-electron chi connectivity index (χ4n) is 11.3. The molecule has 1 aliphatic carbocycles. The molecule has 1 saturated carbocycles. The van der Waals surface area contributed by atoms with E-state index in [0.717, 1.165) is 21.9 Å². The zero-order chi connectivity index (χ0) is 50.2. The van der Waals surface area contributed by atoms with E-state index in [1.165, 1.54) is 19.1 Å². The van der Waals surface area contributed by atoms with Crippen molar-refractivity contribution >= 4 is 34.2 Å². The Kier molecular flexibility index (Phi) is 19.3.